The molecule has 1 amide bonds. The third kappa shape index (κ3) is 4.65. The van der Waals surface area contributed by atoms with Gasteiger partial charge in [0.25, 0.3) is 0 Å². The number of carbonyl (C=O) groups is 2. The fraction of sp³-hybridized carbons (Fsp3) is 0.211. The van der Waals surface area contributed by atoms with Crippen molar-refractivity contribution >= 4 is 34.5 Å². The molecule has 1 fully saturated rings. The Morgan fingerprint density at radius 3 is 2.52 bits per heavy atom. The molecule has 0 radical (unpaired) electrons. The van der Waals surface area contributed by atoms with Crippen LogP contribution in [0.25, 0.3) is 0 Å². The van der Waals surface area contributed by atoms with Crippen molar-refractivity contribution in [3.63, 3.8) is 0 Å². The van der Waals surface area contributed by atoms with Gasteiger partial charge in [-0.05, 0) is 42.0 Å². The molecular formula is C19H16FN2O4S-. The molecule has 140 valence electrons. The molecule has 0 aromatic heterocycles. The Bertz CT molecular complexity index is 868. The maximum Gasteiger partial charge on any atom is 0.230 e. The molecule has 8 heteroatoms. The summed E-state index contributed by atoms with van der Waals surface area (Å²) in [4.78, 5) is 29.6. The van der Waals surface area contributed by atoms with E-state index < -0.39 is 11.2 Å². The monoisotopic (exact) mass is 387 g/mol. The lowest BCUT2D eigenvalue weighted by atomic mass is 10.2. The second kappa shape index (κ2) is 8.22. The Hall–Kier alpha value is -2.87. The van der Waals surface area contributed by atoms with Crippen molar-refractivity contribution in [2.75, 3.05) is 7.11 Å². The van der Waals surface area contributed by atoms with Crippen LogP contribution in [0.1, 0.15) is 12.0 Å². The Morgan fingerprint density at radius 1 is 1.26 bits per heavy atom. The normalized spacial score (nSPS) is 18.6. The molecule has 1 saturated heterocycles. The molecule has 1 aliphatic rings. The van der Waals surface area contributed by atoms with Crippen molar-refractivity contribution in [2.24, 2.45) is 4.99 Å². The standard InChI is InChI=1S/C19H17FN2O4S/c1-26-15-8-6-14(7-9-15)21-19-22(11-12-2-4-13(20)5-3-12)17(23)10-16(27-19)18(24)25/h2-9,16H,10-11H2,1H3,(H,24,25)/p-1/t16-/m1/s1. The van der Waals surface area contributed by atoms with Crippen molar-refractivity contribution in [1.82, 2.24) is 4.90 Å². The van der Waals surface area contributed by atoms with Gasteiger partial charge in [-0.3, -0.25) is 9.69 Å². The minimum atomic E-state index is -1.31. The van der Waals surface area contributed by atoms with Crippen LogP contribution >= 0.6 is 11.8 Å². The first-order valence-corrected chi connectivity index (χ1v) is 8.99. The molecule has 1 heterocycles. The summed E-state index contributed by atoms with van der Waals surface area (Å²) in [5, 5.41) is 10.5. The van der Waals surface area contributed by atoms with E-state index >= 15 is 0 Å². The lowest BCUT2D eigenvalue weighted by molar-refractivity contribution is -0.304. The molecule has 1 aliphatic heterocycles. The predicted molar refractivity (Wildman–Crippen MR) is 98.0 cm³/mol. The van der Waals surface area contributed by atoms with E-state index in [0.717, 1.165) is 11.8 Å². The van der Waals surface area contributed by atoms with Crippen LogP contribution in [-0.2, 0) is 16.1 Å². The topological polar surface area (TPSA) is 82.0 Å². The number of carboxylic acid groups (broad SMARTS) is 1. The number of halogens is 1. The molecule has 1 atom stereocenters. The number of amides is 1. The van der Waals surface area contributed by atoms with Crippen LogP contribution in [0.2, 0.25) is 0 Å². The second-order valence-electron chi connectivity index (χ2n) is 5.83. The van der Waals surface area contributed by atoms with Gasteiger partial charge in [0.1, 0.15) is 11.6 Å². The van der Waals surface area contributed by atoms with E-state index in [9.17, 15) is 19.1 Å². The molecule has 0 aliphatic carbocycles. The molecule has 0 spiro atoms. The number of carbonyl (C=O) groups excluding carboxylic acids is 2. The maximum absolute atomic E-state index is 13.1. The molecular weight excluding hydrogens is 371 g/mol. The molecule has 2 aromatic rings. The van der Waals surface area contributed by atoms with Crippen LogP contribution in [0.15, 0.2) is 53.5 Å². The highest BCUT2D eigenvalue weighted by Gasteiger charge is 2.32. The first-order chi connectivity index (χ1) is 13.0. The van der Waals surface area contributed by atoms with Gasteiger partial charge >= 0.3 is 0 Å². The number of methoxy groups -OCH3 is 1. The first kappa shape index (κ1) is 18.9. The highest BCUT2D eigenvalue weighted by molar-refractivity contribution is 8.15. The molecule has 0 saturated carbocycles. The van der Waals surface area contributed by atoms with Crippen molar-refractivity contribution in [3.8, 4) is 5.75 Å². The van der Waals surface area contributed by atoms with Crippen LogP contribution in [0.5, 0.6) is 5.75 Å². The third-order valence-corrected chi connectivity index (χ3v) is 5.12. The summed E-state index contributed by atoms with van der Waals surface area (Å²) in [5.74, 6) is -1.40. The molecule has 2 aromatic carbocycles. The number of benzene rings is 2. The van der Waals surface area contributed by atoms with Gasteiger partial charge in [0.05, 0.1) is 30.6 Å². The van der Waals surface area contributed by atoms with Gasteiger partial charge in [0.2, 0.25) is 5.91 Å². The van der Waals surface area contributed by atoms with Crippen molar-refractivity contribution < 1.29 is 23.8 Å². The third-order valence-electron chi connectivity index (χ3n) is 3.95. The fourth-order valence-electron chi connectivity index (χ4n) is 2.52. The fourth-order valence-corrected chi connectivity index (χ4v) is 3.55. The largest absolute Gasteiger partial charge is 0.549 e. The maximum atomic E-state index is 13.1. The van der Waals surface area contributed by atoms with Crippen molar-refractivity contribution in [1.29, 1.82) is 0 Å². The molecule has 6 nitrogen and oxygen atoms in total. The van der Waals surface area contributed by atoms with Crippen molar-refractivity contribution in [2.45, 2.75) is 18.2 Å². The van der Waals surface area contributed by atoms with E-state index in [1.165, 1.54) is 17.0 Å². The summed E-state index contributed by atoms with van der Waals surface area (Å²) in [5.41, 5.74) is 1.26. The zero-order valence-corrected chi connectivity index (χ0v) is 15.2. The van der Waals surface area contributed by atoms with Gasteiger partial charge in [0.15, 0.2) is 5.17 Å². The van der Waals surface area contributed by atoms with E-state index in [4.69, 9.17) is 4.74 Å². The second-order valence-corrected chi connectivity index (χ2v) is 7.00. The van der Waals surface area contributed by atoms with Crippen LogP contribution in [0, 0.1) is 5.82 Å². The van der Waals surface area contributed by atoms with E-state index in [2.05, 4.69) is 4.99 Å². The smallest absolute Gasteiger partial charge is 0.230 e. The number of thioether (sulfide) groups is 1. The van der Waals surface area contributed by atoms with E-state index in [1.54, 1.807) is 43.5 Å². The summed E-state index contributed by atoms with van der Waals surface area (Å²) in [6.45, 7) is 0.168. The number of ether oxygens (including phenoxy) is 1. The number of hydrogen-bond acceptors (Lipinski definition) is 6. The minimum Gasteiger partial charge on any atom is -0.549 e. The van der Waals surface area contributed by atoms with Crippen LogP contribution in [0.4, 0.5) is 10.1 Å². The van der Waals surface area contributed by atoms with Crippen LogP contribution in [0.3, 0.4) is 0 Å². The van der Waals surface area contributed by atoms with E-state index in [0.29, 0.717) is 17.0 Å². The zero-order chi connectivity index (χ0) is 19.4. The van der Waals surface area contributed by atoms with Gasteiger partial charge in [-0.15, -0.1) is 0 Å². The number of nitrogens with zero attached hydrogens (tertiary/aromatic N) is 2. The predicted octanol–water partition coefficient (Wildman–Crippen LogP) is 2.11. The highest BCUT2D eigenvalue weighted by atomic mass is 32.2. The van der Waals surface area contributed by atoms with Gasteiger partial charge in [0, 0.05) is 6.42 Å². The number of rotatable bonds is 5. The van der Waals surface area contributed by atoms with Crippen molar-refractivity contribution in [3.05, 3.63) is 59.9 Å². The summed E-state index contributed by atoms with van der Waals surface area (Å²) in [7, 11) is 1.55. The van der Waals surface area contributed by atoms with Crippen LogP contribution in [-0.4, -0.2) is 34.3 Å². The molecule has 27 heavy (non-hydrogen) atoms. The SMILES string of the molecule is COc1ccc(N=C2S[C@@H](C(=O)[O-])CC(=O)N2Cc2ccc(F)cc2)cc1. The highest BCUT2D eigenvalue weighted by Crippen LogP contribution is 2.30. The minimum absolute atomic E-state index is 0.168. The quantitative estimate of drug-likeness (QED) is 0.785. The van der Waals surface area contributed by atoms with Crippen LogP contribution < -0.4 is 9.84 Å². The van der Waals surface area contributed by atoms with Gasteiger partial charge in [-0.1, -0.05) is 23.9 Å². The molecule has 0 unspecified atom stereocenters. The molecule has 3 rings (SSSR count). The van der Waals surface area contributed by atoms with E-state index in [1.807, 2.05) is 0 Å². The average Bonchev–Trinajstić information content (AvgIpc) is 2.66. The number of amidine groups is 1. The van der Waals surface area contributed by atoms with Gasteiger partial charge in [-0.2, -0.15) is 0 Å². The lowest BCUT2D eigenvalue weighted by Crippen LogP contribution is -2.47. The summed E-state index contributed by atoms with van der Waals surface area (Å²) < 4.78 is 18.2. The van der Waals surface area contributed by atoms with Gasteiger partial charge in [-0.25, -0.2) is 9.38 Å². The van der Waals surface area contributed by atoms with Gasteiger partial charge < -0.3 is 14.6 Å². The number of carboxylic acids is 1. The average molecular weight is 387 g/mol. The molecule has 0 bridgehead atoms. The molecule has 0 N–H and O–H groups in total. The number of aliphatic imine (C=N–C) groups is 1. The number of hydrogen-bond donors (Lipinski definition) is 0. The Labute approximate surface area is 159 Å². The Morgan fingerprint density at radius 2 is 1.93 bits per heavy atom. The summed E-state index contributed by atoms with van der Waals surface area (Å²) in [6, 6.07) is 12.6. The summed E-state index contributed by atoms with van der Waals surface area (Å²) >= 11 is 0.966. The van der Waals surface area contributed by atoms with E-state index in [-0.39, 0.29) is 29.9 Å². The number of aliphatic carboxylic acids is 1. The lowest BCUT2D eigenvalue weighted by Gasteiger charge is -2.32. The Kier molecular flexibility index (Phi) is 5.75. The summed E-state index contributed by atoms with van der Waals surface area (Å²) in [6.07, 6.45) is -0.185. The Balaban J connectivity index is 1.91. The first-order valence-electron chi connectivity index (χ1n) is 8.11. The zero-order valence-electron chi connectivity index (χ0n) is 14.4.